The average molecular weight is 317 g/mol. The third-order valence-electron chi connectivity index (χ3n) is 3.46. The van der Waals surface area contributed by atoms with E-state index in [4.69, 9.17) is 0 Å². The van der Waals surface area contributed by atoms with Gasteiger partial charge in [0.05, 0.1) is 6.33 Å². The third kappa shape index (κ3) is 1.47. The van der Waals surface area contributed by atoms with Gasteiger partial charge in [0.1, 0.15) is 9.39 Å². The monoisotopic (exact) mass is 317 g/mol. The van der Waals surface area contributed by atoms with E-state index in [0.29, 0.717) is 6.04 Å². The largest absolute Gasteiger partial charge is 0.352 e. The minimum absolute atomic E-state index is 0.0247. The molecule has 2 aliphatic rings. The number of hydrogen-bond acceptors (Lipinski definition) is 3. The minimum atomic E-state index is -0.0247. The van der Waals surface area contributed by atoms with Crippen LogP contribution in [0, 0.1) is 9.49 Å². The van der Waals surface area contributed by atoms with Crippen molar-refractivity contribution in [3.05, 3.63) is 20.3 Å². The molecule has 3 rings (SSSR count). The lowest BCUT2D eigenvalue weighted by Gasteiger charge is -2.28. The van der Waals surface area contributed by atoms with Crippen molar-refractivity contribution in [1.29, 1.82) is 0 Å². The van der Waals surface area contributed by atoms with Crippen LogP contribution in [0.25, 0.3) is 0 Å². The Morgan fingerprint density at radius 1 is 1.53 bits per heavy atom. The Balaban J connectivity index is 2.00. The highest BCUT2D eigenvalue weighted by molar-refractivity contribution is 14.1. The summed E-state index contributed by atoms with van der Waals surface area (Å²) in [4.78, 5) is 20.7. The maximum absolute atomic E-state index is 11.5. The summed E-state index contributed by atoms with van der Waals surface area (Å²) in [6.45, 7) is 1.08. The van der Waals surface area contributed by atoms with Crippen LogP contribution in [0.4, 0.5) is 5.82 Å². The summed E-state index contributed by atoms with van der Waals surface area (Å²) in [6, 6.07) is 0.623. The molecule has 0 amide bonds. The van der Waals surface area contributed by atoms with E-state index in [9.17, 15) is 4.79 Å². The zero-order valence-electron chi connectivity index (χ0n) is 8.24. The van der Waals surface area contributed by atoms with Gasteiger partial charge in [0, 0.05) is 12.6 Å². The van der Waals surface area contributed by atoms with Crippen molar-refractivity contribution in [2.75, 3.05) is 11.4 Å². The number of rotatable bonds is 1. The van der Waals surface area contributed by atoms with Gasteiger partial charge in [-0.15, -0.1) is 0 Å². The predicted octanol–water partition coefficient (Wildman–Crippen LogP) is 1.36. The Hall–Kier alpha value is -0.590. The lowest BCUT2D eigenvalue weighted by molar-refractivity contribution is 0.549. The first kappa shape index (κ1) is 9.62. The molecule has 1 aromatic rings. The highest BCUT2D eigenvalue weighted by Crippen LogP contribution is 2.39. The van der Waals surface area contributed by atoms with Gasteiger partial charge < -0.3 is 9.88 Å². The van der Waals surface area contributed by atoms with E-state index in [-0.39, 0.29) is 5.56 Å². The number of halogens is 1. The maximum atomic E-state index is 11.5. The normalized spacial score (nSPS) is 28.7. The van der Waals surface area contributed by atoms with Gasteiger partial charge in [-0.2, -0.15) is 0 Å². The molecule has 2 heterocycles. The van der Waals surface area contributed by atoms with Crippen LogP contribution in [0.5, 0.6) is 0 Å². The molecule has 2 bridgehead atoms. The molecule has 1 N–H and O–H groups in total. The second-order valence-corrected chi connectivity index (χ2v) is 5.43. The Morgan fingerprint density at radius 2 is 2.40 bits per heavy atom. The SMILES string of the molecule is O=c1[nH]cnc(N2CC3CCC2C3)c1I. The standard InChI is InChI=1S/C10H12IN3O/c11-8-9(12-5-13-10(8)15)14-4-6-1-2-7(14)3-6/h5-7H,1-4H2,(H,12,13,15). The number of fused-ring (bicyclic) bond motifs is 2. The van der Waals surface area contributed by atoms with E-state index in [0.717, 1.165) is 21.9 Å². The van der Waals surface area contributed by atoms with Gasteiger partial charge in [-0.05, 0) is 47.8 Å². The van der Waals surface area contributed by atoms with Crippen LogP contribution in [0.2, 0.25) is 0 Å². The molecular formula is C10H12IN3O. The van der Waals surface area contributed by atoms with Gasteiger partial charge in [0.15, 0.2) is 0 Å². The summed E-state index contributed by atoms with van der Waals surface area (Å²) in [5.41, 5.74) is -0.0247. The summed E-state index contributed by atoms with van der Waals surface area (Å²) in [5.74, 6) is 1.71. The molecule has 15 heavy (non-hydrogen) atoms. The van der Waals surface area contributed by atoms with E-state index in [2.05, 4.69) is 37.5 Å². The van der Waals surface area contributed by atoms with Gasteiger partial charge in [-0.25, -0.2) is 4.98 Å². The van der Waals surface area contributed by atoms with Crippen molar-refractivity contribution in [3.63, 3.8) is 0 Å². The highest BCUT2D eigenvalue weighted by atomic mass is 127. The maximum Gasteiger partial charge on any atom is 0.266 e. The smallest absolute Gasteiger partial charge is 0.266 e. The number of nitrogens with one attached hydrogen (secondary N) is 1. The first-order valence-electron chi connectivity index (χ1n) is 5.25. The fourth-order valence-corrected chi connectivity index (χ4v) is 3.36. The summed E-state index contributed by atoms with van der Waals surface area (Å²) in [6.07, 6.45) is 5.40. The fourth-order valence-electron chi connectivity index (χ4n) is 2.76. The van der Waals surface area contributed by atoms with Crippen molar-refractivity contribution >= 4 is 28.4 Å². The summed E-state index contributed by atoms with van der Waals surface area (Å²) < 4.78 is 0.725. The molecule has 0 spiro atoms. The van der Waals surface area contributed by atoms with Crippen molar-refractivity contribution in [1.82, 2.24) is 9.97 Å². The second-order valence-electron chi connectivity index (χ2n) is 4.35. The van der Waals surface area contributed by atoms with E-state index in [1.165, 1.54) is 25.6 Å². The number of hydrogen-bond donors (Lipinski definition) is 1. The molecule has 0 radical (unpaired) electrons. The van der Waals surface area contributed by atoms with Crippen LogP contribution in [0.15, 0.2) is 11.1 Å². The molecular weight excluding hydrogens is 305 g/mol. The molecule has 1 aromatic heterocycles. The molecule has 1 aliphatic heterocycles. The predicted molar refractivity (Wildman–Crippen MR) is 66.0 cm³/mol. The van der Waals surface area contributed by atoms with Gasteiger partial charge in [-0.3, -0.25) is 4.79 Å². The van der Waals surface area contributed by atoms with E-state index in [1.807, 2.05) is 0 Å². The van der Waals surface area contributed by atoms with Gasteiger partial charge in [-0.1, -0.05) is 0 Å². The molecule has 0 aromatic carbocycles. The molecule has 2 atom stereocenters. The lowest BCUT2D eigenvalue weighted by Crippen LogP contribution is -2.34. The molecule has 1 saturated carbocycles. The summed E-state index contributed by atoms with van der Waals surface area (Å²) >= 11 is 2.09. The molecule has 5 heteroatoms. The number of nitrogens with zero attached hydrogens (tertiary/aromatic N) is 2. The van der Waals surface area contributed by atoms with Crippen LogP contribution in [0.1, 0.15) is 19.3 Å². The highest BCUT2D eigenvalue weighted by Gasteiger charge is 2.39. The van der Waals surface area contributed by atoms with Crippen LogP contribution >= 0.6 is 22.6 Å². The van der Waals surface area contributed by atoms with Crippen LogP contribution in [0.3, 0.4) is 0 Å². The summed E-state index contributed by atoms with van der Waals surface area (Å²) in [7, 11) is 0. The number of aromatic amines is 1. The minimum Gasteiger partial charge on any atom is -0.352 e. The van der Waals surface area contributed by atoms with Crippen molar-refractivity contribution in [2.24, 2.45) is 5.92 Å². The van der Waals surface area contributed by atoms with Crippen molar-refractivity contribution < 1.29 is 0 Å². The van der Waals surface area contributed by atoms with E-state index >= 15 is 0 Å². The zero-order valence-corrected chi connectivity index (χ0v) is 10.4. The van der Waals surface area contributed by atoms with E-state index < -0.39 is 0 Å². The quantitative estimate of drug-likeness (QED) is 0.796. The Morgan fingerprint density at radius 3 is 3.07 bits per heavy atom. The fraction of sp³-hybridized carbons (Fsp3) is 0.600. The third-order valence-corrected chi connectivity index (χ3v) is 4.43. The van der Waals surface area contributed by atoms with Crippen molar-refractivity contribution in [3.8, 4) is 0 Å². The van der Waals surface area contributed by atoms with Crippen LogP contribution in [-0.4, -0.2) is 22.6 Å². The molecule has 4 nitrogen and oxygen atoms in total. The summed E-state index contributed by atoms with van der Waals surface area (Å²) in [5, 5.41) is 0. The molecule has 2 fully saturated rings. The molecule has 1 saturated heterocycles. The molecule has 80 valence electrons. The Kier molecular flexibility index (Phi) is 2.22. The Bertz CT molecular complexity index is 445. The Labute approximate surface area is 101 Å². The number of anilines is 1. The number of piperidine rings is 1. The first-order valence-corrected chi connectivity index (χ1v) is 6.33. The van der Waals surface area contributed by atoms with Gasteiger partial charge in [0.25, 0.3) is 5.56 Å². The molecule has 1 aliphatic carbocycles. The van der Waals surface area contributed by atoms with E-state index in [1.54, 1.807) is 0 Å². The lowest BCUT2D eigenvalue weighted by atomic mass is 10.1. The first-order chi connectivity index (χ1) is 7.25. The topological polar surface area (TPSA) is 49.0 Å². The second kappa shape index (κ2) is 3.47. The number of H-pyrrole nitrogens is 1. The van der Waals surface area contributed by atoms with Crippen molar-refractivity contribution in [2.45, 2.75) is 25.3 Å². The van der Waals surface area contributed by atoms with Gasteiger partial charge >= 0.3 is 0 Å². The average Bonchev–Trinajstić information content (AvgIpc) is 2.83. The van der Waals surface area contributed by atoms with Crippen LogP contribution in [-0.2, 0) is 0 Å². The van der Waals surface area contributed by atoms with Gasteiger partial charge in [0.2, 0.25) is 0 Å². The molecule has 2 unspecified atom stereocenters. The number of aromatic nitrogens is 2. The van der Waals surface area contributed by atoms with Crippen LogP contribution < -0.4 is 10.5 Å². The zero-order chi connectivity index (χ0) is 10.4.